The minimum atomic E-state index is -0.990. The van der Waals surface area contributed by atoms with Crippen molar-refractivity contribution in [3.05, 3.63) is 29.8 Å². The predicted octanol–water partition coefficient (Wildman–Crippen LogP) is 2.52. The number of nitrogens with zero attached hydrogens (tertiary/aromatic N) is 1. The fourth-order valence-corrected chi connectivity index (χ4v) is 5.98. The van der Waals surface area contributed by atoms with Crippen molar-refractivity contribution in [1.29, 1.82) is 0 Å². The third-order valence-corrected chi connectivity index (χ3v) is 8.65. The standard InChI is InChI=1S/C31H47N5O5/c1-22(2)25-21-41-26-12-6-5-11-23(26)28(38)33-24(29(39)32-17-20-36-18-9-4-10-19-36)13-14-27(37)35-31(30(40)34-25)15-7-3-8-16-31/h5-6,11-12,22,24-25H,3-4,7-10,13-21H2,1-2H3,(H,32,39)(H,33,38)(H,34,40)(H,35,37)/t24-,25-/m0/s1. The molecule has 3 aliphatic rings. The summed E-state index contributed by atoms with van der Waals surface area (Å²) in [5.74, 6) is -0.820. The van der Waals surface area contributed by atoms with E-state index in [0.29, 0.717) is 30.7 Å². The lowest BCUT2D eigenvalue weighted by Gasteiger charge is -2.38. The molecule has 4 rings (SSSR count). The van der Waals surface area contributed by atoms with E-state index in [-0.39, 0.29) is 49.1 Å². The first-order valence-electron chi connectivity index (χ1n) is 15.4. The molecule has 0 bridgehead atoms. The van der Waals surface area contributed by atoms with Gasteiger partial charge >= 0.3 is 0 Å². The van der Waals surface area contributed by atoms with Gasteiger partial charge in [-0.15, -0.1) is 0 Å². The van der Waals surface area contributed by atoms with Gasteiger partial charge in [-0.1, -0.05) is 51.7 Å². The van der Waals surface area contributed by atoms with Gasteiger partial charge in [-0.2, -0.15) is 0 Å². The Morgan fingerprint density at radius 2 is 1.73 bits per heavy atom. The van der Waals surface area contributed by atoms with Crippen molar-refractivity contribution < 1.29 is 23.9 Å². The summed E-state index contributed by atoms with van der Waals surface area (Å²) in [5, 5.41) is 12.0. The minimum Gasteiger partial charge on any atom is -0.491 e. The Morgan fingerprint density at radius 1 is 1.02 bits per heavy atom. The van der Waals surface area contributed by atoms with Crippen molar-refractivity contribution in [3.8, 4) is 5.75 Å². The number of nitrogens with one attached hydrogen (secondary N) is 4. The fourth-order valence-electron chi connectivity index (χ4n) is 5.98. The van der Waals surface area contributed by atoms with Crippen molar-refractivity contribution in [2.45, 2.75) is 95.7 Å². The average Bonchev–Trinajstić information content (AvgIpc) is 2.97. The molecule has 1 saturated carbocycles. The zero-order chi connectivity index (χ0) is 29.2. The maximum Gasteiger partial charge on any atom is 0.255 e. The summed E-state index contributed by atoms with van der Waals surface area (Å²) < 4.78 is 6.11. The van der Waals surface area contributed by atoms with Crippen LogP contribution in [0.15, 0.2) is 24.3 Å². The summed E-state index contributed by atoms with van der Waals surface area (Å²) >= 11 is 0. The molecule has 41 heavy (non-hydrogen) atoms. The van der Waals surface area contributed by atoms with Crippen molar-refractivity contribution in [2.75, 3.05) is 32.8 Å². The first-order valence-corrected chi connectivity index (χ1v) is 15.4. The second-order valence-electron chi connectivity index (χ2n) is 12.1. The number of amides is 4. The van der Waals surface area contributed by atoms with Crippen LogP contribution in [0.3, 0.4) is 0 Å². The topological polar surface area (TPSA) is 129 Å². The molecule has 226 valence electrons. The van der Waals surface area contributed by atoms with Gasteiger partial charge in [0.15, 0.2) is 0 Å². The molecule has 1 aromatic carbocycles. The first-order chi connectivity index (χ1) is 19.8. The van der Waals surface area contributed by atoms with E-state index < -0.39 is 17.5 Å². The van der Waals surface area contributed by atoms with E-state index in [4.69, 9.17) is 4.74 Å². The molecule has 10 heteroatoms. The number of hydrogen-bond donors (Lipinski definition) is 4. The van der Waals surface area contributed by atoms with Crippen molar-refractivity contribution >= 4 is 23.6 Å². The smallest absolute Gasteiger partial charge is 0.255 e. The third-order valence-electron chi connectivity index (χ3n) is 8.65. The van der Waals surface area contributed by atoms with Gasteiger partial charge in [0, 0.05) is 19.5 Å². The number of para-hydroxylation sites is 1. The van der Waals surface area contributed by atoms with Crippen LogP contribution >= 0.6 is 0 Å². The Labute approximate surface area is 243 Å². The summed E-state index contributed by atoms with van der Waals surface area (Å²) in [5.41, 5.74) is -0.689. The summed E-state index contributed by atoms with van der Waals surface area (Å²) in [4.78, 5) is 56.0. The number of carbonyl (C=O) groups is 4. The zero-order valence-electron chi connectivity index (χ0n) is 24.6. The summed E-state index contributed by atoms with van der Waals surface area (Å²) in [6, 6.07) is 5.67. The number of rotatable bonds is 5. The molecule has 2 heterocycles. The van der Waals surface area contributed by atoms with Crippen LogP contribution in [-0.4, -0.2) is 78.9 Å². The molecule has 0 unspecified atom stereocenters. The van der Waals surface area contributed by atoms with Gasteiger partial charge in [0.1, 0.15) is 23.9 Å². The van der Waals surface area contributed by atoms with Gasteiger partial charge in [0.05, 0.1) is 11.6 Å². The van der Waals surface area contributed by atoms with Crippen LogP contribution in [0.5, 0.6) is 5.75 Å². The largest absolute Gasteiger partial charge is 0.491 e. The molecular weight excluding hydrogens is 522 g/mol. The Bertz CT molecular complexity index is 1060. The predicted molar refractivity (Wildman–Crippen MR) is 156 cm³/mol. The number of carbonyl (C=O) groups excluding carboxylic acids is 4. The number of hydrogen-bond acceptors (Lipinski definition) is 6. The Morgan fingerprint density at radius 3 is 2.46 bits per heavy atom. The summed E-state index contributed by atoms with van der Waals surface area (Å²) in [7, 11) is 0. The second-order valence-corrected chi connectivity index (χ2v) is 12.1. The maximum absolute atomic E-state index is 13.7. The van der Waals surface area contributed by atoms with Crippen molar-refractivity contribution in [3.63, 3.8) is 0 Å². The summed E-state index contributed by atoms with van der Waals surface area (Å²) in [6.07, 6.45) is 7.54. The highest BCUT2D eigenvalue weighted by Gasteiger charge is 2.42. The molecule has 2 fully saturated rings. The van der Waals surface area contributed by atoms with Gasteiger partial charge < -0.3 is 30.9 Å². The van der Waals surface area contributed by atoms with Gasteiger partial charge in [-0.3, -0.25) is 19.2 Å². The molecule has 10 nitrogen and oxygen atoms in total. The Kier molecular flexibility index (Phi) is 11.0. The summed E-state index contributed by atoms with van der Waals surface area (Å²) in [6.45, 7) is 7.44. The van der Waals surface area contributed by atoms with Crippen LogP contribution in [0, 0.1) is 5.92 Å². The van der Waals surface area contributed by atoms with Crippen LogP contribution in [0.25, 0.3) is 0 Å². The number of likely N-dealkylation sites (tertiary alicyclic amines) is 1. The van der Waals surface area contributed by atoms with Gasteiger partial charge in [0.2, 0.25) is 17.7 Å². The van der Waals surface area contributed by atoms with E-state index in [1.807, 2.05) is 13.8 Å². The normalized spacial score (nSPS) is 24.6. The molecule has 1 saturated heterocycles. The number of piperidine rings is 1. The van der Waals surface area contributed by atoms with Gasteiger partial charge in [0.25, 0.3) is 5.91 Å². The van der Waals surface area contributed by atoms with E-state index in [1.54, 1.807) is 24.3 Å². The third kappa shape index (κ3) is 8.44. The SMILES string of the molecule is CC(C)[C@@H]1COc2ccccc2C(=O)N[C@H](C(=O)NCCN2CCCCC2)CCC(=O)NC2(CCCCC2)C(=O)N1. The van der Waals surface area contributed by atoms with Crippen LogP contribution in [0.2, 0.25) is 0 Å². The van der Waals surface area contributed by atoms with E-state index in [9.17, 15) is 19.2 Å². The Hall–Kier alpha value is -3.14. The van der Waals surface area contributed by atoms with E-state index in [0.717, 1.165) is 38.9 Å². The Balaban J connectivity index is 1.55. The number of benzene rings is 1. The molecule has 4 amide bonds. The molecule has 2 atom stereocenters. The van der Waals surface area contributed by atoms with E-state index in [2.05, 4.69) is 26.2 Å². The van der Waals surface area contributed by atoms with Gasteiger partial charge in [-0.25, -0.2) is 0 Å². The molecule has 1 aromatic rings. The second kappa shape index (κ2) is 14.7. The highest BCUT2D eigenvalue weighted by Crippen LogP contribution is 2.29. The molecule has 1 aliphatic carbocycles. The lowest BCUT2D eigenvalue weighted by Crippen LogP contribution is -2.62. The highest BCUT2D eigenvalue weighted by atomic mass is 16.5. The monoisotopic (exact) mass is 569 g/mol. The lowest BCUT2D eigenvalue weighted by atomic mass is 9.80. The van der Waals surface area contributed by atoms with E-state index >= 15 is 0 Å². The lowest BCUT2D eigenvalue weighted by molar-refractivity contribution is -0.136. The van der Waals surface area contributed by atoms with Crippen LogP contribution in [-0.2, 0) is 14.4 Å². The van der Waals surface area contributed by atoms with Crippen LogP contribution < -0.4 is 26.0 Å². The fraction of sp³-hybridized carbons (Fsp3) is 0.677. The average molecular weight is 570 g/mol. The molecule has 2 aliphatic heterocycles. The van der Waals surface area contributed by atoms with E-state index in [1.165, 1.54) is 19.3 Å². The number of fused-ring (bicyclic) bond motifs is 1. The van der Waals surface area contributed by atoms with Crippen molar-refractivity contribution in [1.82, 2.24) is 26.2 Å². The maximum atomic E-state index is 13.7. The van der Waals surface area contributed by atoms with Crippen molar-refractivity contribution in [2.24, 2.45) is 5.92 Å². The highest BCUT2D eigenvalue weighted by molar-refractivity contribution is 6.00. The quantitative estimate of drug-likeness (QED) is 0.432. The number of ether oxygens (including phenoxy) is 1. The van der Waals surface area contributed by atoms with Crippen LogP contribution in [0.1, 0.15) is 88.4 Å². The molecule has 0 radical (unpaired) electrons. The molecule has 0 aromatic heterocycles. The minimum absolute atomic E-state index is 0.00524. The molecular formula is C31H47N5O5. The first kappa shape index (κ1) is 30.8. The molecule has 1 spiro atoms. The van der Waals surface area contributed by atoms with Gasteiger partial charge in [-0.05, 0) is 63.2 Å². The molecule has 4 N–H and O–H groups in total. The van der Waals surface area contributed by atoms with Crippen LogP contribution in [0.4, 0.5) is 0 Å². The zero-order valence-corrected chi connectivity index (χ0v) is 24.6.